The zero-order chi connectivity index (χ0) is 21.1. The van der Waals surface area contributed by atoms with Crippen LogP contribution in [0.4, 0.5) is 0 Å². The highest BCUT2D eigenvalue weighted by Gasteiger charge is 2.22. The van der Waals surface area contributed by atoms with Gasteiger partial charge in [0, 0.05) is 31.5 Å². The second-order valence-electron chi connectivity index (χ2n) is 6.68. The average Bonchev–Trinajstić information content (AvgIpc) is 3.04. The van der Waals surface area contributed by atoms with Gasteiger partial charge in [-0.25, -0.2) is 0 Å². The predicted octanol–water partition coefficient (Wildman–Crippen LogP) is 0.425. The summed E-state index contributed by atoms with van der Waals surface area (Å²) in [6, 6.07) is 8.48. The first kappa shape index (κ1) is 22.0. The number of amides is 4. The molecule has 0 bridgehead atoms. The van der Waals surface area contributed by atoms with Crippen LogP contribution in [0.15, 0.2) is 42.5 Å². The molecule has 1 aromatic carbocycles. The van der Waals surface area contributed by atoms with Gasteiger partial charge in [-0.3, -0.25) is 28.9 Å². The van der Waals surface area contributed by atoms with E-state index >= 15 is 0 Å². The van der Waals surface area contributed by atoms with E-state index < -0.39 is 11.9 Å². The van der Waals surface area contributed by atoms with Crippen molar-refractivity contribution in [2.75, 3.05) is 13.1 Å². The van der Waals surface area contributed by atoms with Gasteiger partial charge in [0.1, 0.15) is 0 Å². The fourth-order valence-electron chi connectivity index (χ4n) is 2.87. The zero-order valence-electron chi connectivity index (χ0n) is 16.1. The minimum Gasteiger partial charge on any atom is -0.347 e. The van der Waals surface area contributed by atoms with Crippen molar-refractivity contribution in [2.24, 2.45) is 0 Å². The monoisotopic (exact) mass is 398 g/mol. The molecular weight excluding hydrogens is 374 g/mol. The summed E-state index contributed by atoms with van der Waals surface area (Å²) in [6.45, 7) is 0.119. The molecule has 2 N–H and O–H groups in total. The van der Waals surface area contributed by atoms with Gasteiger partial charge in [-0.05, 0) is 18.4 Å². The largest absolute Gasteiger partial charge is 0.347 e. The normalized spacial score (nSPS) is 14.0. The number of benzene rings is 1. The number of hydrogen-bond acceptors (Lipinski definition) is 5. The molecule has 0 fully saturated rings. The Labute approximate surface area is 169 Å². The van der Waals surface area contributed by atoms with Crippen molar-refractivity contribution < 1.29 is 24.0 Å². The van der Waals surface area contributed by atoms with Gasteiger partial charge in [0.25, 0.3) is 11.8 Å². The molecule has 8 heteroatoms. The SMILES string of the molecule is O=[C][C@H](Cc1ccccc1)NC(=O)CNC(=O)CCCCCN1C(=O)C=CC1=O. The van der Waals surface area contributed by atoms with Gasteiger partial charge in [-0.15, -0.1) is 0 Å². The molecule has 4 amide bonds. The van der Waals surface area contributed by atoms with E-state index in [4.69, 9.17) is 0 Å². The van der Waals surface area contributed by atoms with Crippen molar-refractivity contribution in [3.05, 3.63) is 48.0 Å². The third-order valence-corrected chi connectivity index (χ3v) is 4.39. The van der Waals surface area contributed by atoms with E-state index in [1.54, 1.807) is 6.29 Å². The van der Waals surface area contributed by atoms with Crippen LogP contribution < -0.4 is 10.6 Å². The Balaban J connectivity index is 1.57. The molecule has 153 valence electrons. The summed E-state index contributed by atoms with van der Waals surface area (Å²) in [5.41, 5.74) is 0.901. The Morgan fingerprint density at radius 1 is 0.966 bits per heavy atom. The highest BCUT2D eigenvalue weighted by molar-refractivity contribution is 6.12. The minimum absolute atomic E-state index is 0.214. The number of carbonyl (C=O) groups is 4. The van der Waals surface area contributed by atoms with E-state index in [1.165, 1.54) is 17.1 Å². The van der Waals surface area contributed by atoms with Crippen LogP contribution in [0.5, 0.6) is 0 Å². The van der Waals surface area contributed by atoms with Gasteiger partial charge in [0.05, 0.1) is 12.6 Å². The van der Waals surface area contributed by atoms with E-state index in [2.05, 4.69) is 10.6 Å². The molecule has 8 nitrogen and oxygen atoms in total. The van der Waals surface area contributed by atoms with Gasteiger partial charge in [0.2, 0.25) is 18.1 Å². The van der Waals surface area contributed by atoms with Gasteiger partial charge in [-0.1, -0.05) is 36.8 Å². The Kier molecular flexibility index (Phi) is 8.75. The van der Waals surface area contributed by atoms with Crippen molar-refractivity contribution in [1.29, 1.82) is 0 Å². The highest BCUT2D eigenvalue weighted by Crippen LogP contribution is 2.07. The molecule has 1 aromatic rings. The molecule has 0 unspecified atom stereocenters. The molecule has 0 saturated heterocycles. The Morgan fingerprint density at radius 3 is 2.31 bits per heavy atom. The first-order valence-electron chi connectivity index (χ1n) is 9.51. The van der Waals surface area contributed by atoms with E-state index in [0.29, 0.717) is 32.2 Å². The summed E-state index contributed by atoms with van der Waals surface area (Å²) in [5.74, 6) is -1.35. The number of imide groups is 1. The molecular formula is C21H24N3O5. The van der Waals surface area contributed by atoms with Crippen molar-refractivity contribution in [3.63, 3.8) is 0 Å². The van der Waals surface area contributed by atoms with E-state index in [9.17, 15) is 24.0 Å². The minimum atomic E-state index is -0.771. The smallest absolute Gasteiger partial charge is 0.253 e. The topological polar surface area (TPSA) is 113 Å². The summed E-state index contributed by atoms with van der Waals surface area (Å²) in [4.78, 5) is 58.7. The molecule has 1 radical (unpaired) electrons. The lowest BCUT2D eigenvalue weighted by Gasteiger charge is -2.13. The van der Waals surface area contributed by atoms with Crippen LogP contribution in [0, 0.1) is 0 Å². The lowest BCUT2D eigenvalue weighted by atomic mass is 10.1. The molecule has 0 saturated carbocycles. The Morgan fingerprint density at radius 2 is 1.66 bits per heavy atom. The number of nitrogens with zero attached hydrogens (tertiary/aromatic N) is 1. The number of hydrogen-bond donors (Lipinski definition) is 2. The fraction of sp³-hybridized carbons (Fsp3) is 0.381. The Hall–Kier alpha value is -3.29. The predicted molar refractivity (Wildman–Crippen MR) is 105 cm³/mol. The highest BCUT2D eigenvalue weighted by atomic mass is 16.2. The summed E-state index contributed by atoms with van der Waals surface area (Å²) in [6.07, 6.45) is 6.72. The van der Waals surface area contributed by atoms with Gasteiger partial charge in [0.15, 0.2) is 0 Å². The van der Waals surface area contributed by atoms with Crippen LogP contribution in [0.1, 0.15) is 31.2 Å². The third kappa shape index (κ3) is 7.69. The summed E-state index contributed by atoms with van der Waals surface area (Å²) < 4.78 is 0. The average molecular weight is 398 g/mol. The van der Waals surface area contributed by atoms with Crippen LogP contribution in [0.25, 0.3) is 0 Å². The lowest BCUT2D eigenvalue weighted by Crippen LogP contribution is -2.43. The molecule has 0 aromatic heterocycles. The lowest BCUT2D eigenvalue weighted by molar-refractivity contribution is -0.137. The van der Waals surface area contributed by atoms with Crippen LogP contribution >= 0.6 is 0 Å². The molecule has 1 heterocycles. The number of nitrogens with one attached hydrogen (secondary N) is 2. The molecule has 0 aliphatic carbocycles. The van der Waals surface area contributed by atoms with Crippen LogP contribution in [0.3, 0.4) is 0 Å². The van der Waals surface area contributed by atoms with E-state index in [1.807, 2.05) is 30.3 Å². The second-order valence-corrected chi connectivity index (χ2v) is 6.68. The van der Waals surface area contributed by atoms with E-state index in [0.717, 1.165) is 5.56 Å². The zero-order valence-corrected chi connectivity index (χ0v) is 16.1. The quantitative estimate of drug-likeness (QED) is 0.392. The van der Waals surface area contributed by atoms with Crippen molar-refractivity contribution in [3.8, 4) is 0 Å². The summed E-state index contributed by atoms with van der Waals surface area (Å²) >= 11 is 0. The number of carbonyl (C=O) groups excluding carboxylic acids is 5. The second kappa shape index (κ2) is 11.5. The third-order valence-electron chi connectivity index (χ3n) is 4.39. The van der Waals surface area contributed by atoms with Gasteiger partial charge in [-0.2, -0.15) is 0 Å². The molecule has 0 spiro atoms. The fourth-order valence-corrected chi connectivity index (χ4v) is 2.87. The molecule has 2 rings (SSSR count). The standard InChI is InChI=1S/C21H24N3O5/c25-15-17(13-16-7-3-1-4-8-16)23-19(27)14-22-18(26)9-5-2-6-12-24-20(28)10-11-21(24)29/h1,3-4,7-8,10-11,17H,2,5-6,9,12-14H2,(H,22,26)(H,23,27)/t17-/m0/s1. The molecule has 1 aliphatic rings. The molecule has 1 atom stereocenters. The maximum absolute atomic E-state index is 11.9. The van der Waals surface area contributed by atoms with Crippen LogP contribution in [-0.2, 0) is 30.4 Å². The van der Waals surface area contributed by atoms with Crippen molar-refractivity contribution >= 4 is 29.9 Å². The first-order valence-corrected chi connectivity index (χ1v) is 9.51. The Bertz CT molecular complexity index is 758. The van der Waals surface area contributed by atoms with Gasteiger partial charge >= 0.3 is 0 Å². The maximum Gasteiger partial charge on any atom is 0.253 e. The van der Waals surface area contributed by atoms with E-state index in [-0.39, 0.29) is 30.7 Å². The van der Waals surface area contributed by atoms with Crippen molar-refractivity contribution in [1.82, 2.24) is 15.5 Å². The number of unbranched alkanes of at least 4 members (excludes halogenated alkanes) is 2. The molecule has 1 aliphatic heterocycles. The first-order chi connectivity index (χ1) is 14.0. The van der Waals surface area contributed by atoms with Crippen LogP contribution in [-0.4, -0.2) is 53.9 Å². The number of rotatable bonds is 12. The van der Waals surface area contributed by atoms with Crippen molar-refractivity contribution in [2.45, 2.75) is 38.1 Å². The summed E-state index contributed by atoms with van der Waals surface area (Å²) in [5, 5.41) is 5.05. The van der Waals surface area contributed by atoms with Gasteiger partial charge < -0.3 is 10.6 Å². The summed E-state index contributed by atoms with van der Waals surface area (Å²) in [7, 11) is 0. The van der Waals surface area contributed by atoms with Crippen LogP contribution in [0.2, 0.25) is 0 Å². The molecule has 29 heavy (non-hydrogen) atoms. The maximum atomic E-state index is 11.9.